The lowest BCUT2D eigenvalue weighted by Crippen LogP contribution is -1.94. The molecule has 1 aromatic rings. The molecule has 0 aliphatic carbocycles. The van der Waals surface area contributed by atoms with Crippen LogP contribution in [0.15, 0.2) is 30.3 Å². The fourth-order valence-electron chi connectivity index (χ4n) is 1.40. The summed E-state index contributed by atoms with van der Waals surface area (Å²) in [5, 5.41) is 8.98. The van der Waals surface area contributed by atoms with Crippen molar-refractivity contribution in [2.75, 3.05) is 0 Å². The fourth-order valence-corrected chi connectivity index (χ4v) is 1.40. The minimum atomic E-state index is -0.00968. The topological polar surface area (TPSA) is 23.8 Å². The number of hydrogen-bond donors (Lipinski definition) is 0. The van der Waals surface area contributed by atoms with Gasteiger partial charge < -0.3 is 0 Å². The van der Waals surface area contributed by atoms with Crippen molar-refractivity contribution in [1.82, 2.24) is 0 Å². The van der Waals surface area contributed by atoms with Crippen LogP contribution < -0.4 is 0 Å². The smallest absolute Gasteiger partial charge is 0.0713 e. The molecule has 0 amide bonds. The van der Waals surface area contributed by atoms with Crippen LogP contribution in [0.1, 0.15) is 30.7 Å². The molecule has 0 aliphatic rings. The number of unbranched alkanes of at least 4 members (excludes halogenated alkanes) is 1. The quantitative estimate of drug-likeness (QED) is 0.519. The van der Waals surface area contributed by atoms with Crippen LogP contribution in [0.2, 0.25) is 0 Å². The second-order valence-electron chi connectivity index (χ2n) is 3.19. The molecule has 1 atom stereocenters. The summed E-state index contributed by atoms with van der Waals surface area (Å²) in [5.74, 6) is 2.58. The standard InChI is InChI=1S/C13H13N/c1-2-3-5-10-13(11-14)12-8-6-4-7-9-12/h1,4,6-9,13H,3,5,10H2. The van der Waals surface area contributed by atoms with Gasteiger partial charge in [-0.15, -0.1) is 12.3 Å². The first-order valence-corrected chi connectivity index (χ1v) is 4.76. The van der Waals surface area contributed by atoms with Crippen molar-refractivity contribution in [2.45, 2.75) is 25.2 Å². The van der Waals surface area contributed by atoms with E-state index in [4.69, 9.17) is 11.7 Å². The van der Waals surface area contributed by atoms with Crippen LogP contribution in [0.25, 0.3) is 0 Å². The molecule has 0 N–H and O–H groups in total. The van der Waals surface area contributed by atoms with Crippen molar-refractivity contribution < 1.29 is 0 Å². The third kappa shape index (κ3) is 2.96. The predicted octanol–water partition coefficient (Wildman–Crippen LogP) is 3.10. The van der Waals surface area contributed by atoms with Crippen LogP contribution in [0, 0.1) is 23.7 Å². The van der Waals surface area contributed by atoms with Crippen LogP contribution in [-0.2, 0) is 0 Å². The molecule has 1 aromatic carbocycles. The van der Waals surface area contributed by atoms with Crippen LogP contribution in [0.3, 0.4) is 0 Å². The molecule has 1 heteroatoms. The van der Waals surface area contributed by atoms with Gasteiger partial charge in [0.2, 0.25) is 0 Å². The average Bonchev–Trinajstić information content (AvgIpc) is 2.26. The normalized spacial score (nSPS) is 11.3. The first-order valence-electron chi connectivity index (χ1n) is 4.76. The number of nitriles is 1. The first kappa shape index (κ1) is 10.4. The van der Waals surface area contributed by atoms with E-state index in [9.17, 15) is 0 Å². The van der Waals surface area contributed by atoms with Crippen molar-refractivity contribution in [2.24, 2.45) is 0 Å². The highest BCUT2D eigenvalue weighted by atomic mass is 14.3. The molecular weight excluding hydrogens is 170 g/mol. The zero-order valence-corrected chi connectivity index (χ0v) is 8.11. The third-order valence-electron chi connectivity index (χ3n) is 2.17. The summed E-state index contributed by atoms with van der Waals surface area (Å²) in [6, 6.07) is 12.2. The summed E-state index contributed by atoms with van der Waals surface area (Å²) in [7, 11) is 0. The number of benzene rings is 1. The molecule has 0 heterocycles. The van der Waals surface area contributed by atoms with E-state index in [1.165, 1.54) is 0 Å². The van der Waals surface area contributed by atoms with Gasteiger partial charge in [-0.2, -0.15) is 5.26 Å². The summed E-state index contributed by atoms with van der Waals surface area (Å²) in [6.07, 6.45) is 7.69. The van der Waals surface area contributed by atoms with Gasteiger partial charge in [0, 0.05) is 6.42 Å². The Balaban J connectivity index is 2.57. The zero-order valence-electron chi connectivity index (χ0n) is 8.11. The number of hydrogen-bond acceptors (Lipinski definition) is 1. The number of rotatable bonds is 4. The molecule has 0 aliphatic heterocycles. The lowest BCUT2D eigenvalue weighted by molar-refractivity contribution is 0.699. The van der Waals surface area contributed by atoms with E-state index in [0.29, 0.717) is 0 Å². The Kier molecular flexibility index (Phi) is 4.32. The zero-order chi connectivity index (χ0) is 10.2. The van der Waals surface area contributed by atoms with Gasteiger partial charge in [0.05, 0.1) is 12.0 Å². The van der Waals surface area contributed by atoms with Crippen molar-refractivity contribution in [3.8, 4) is 18.4 Å². The number of nitrogens with zero attached hydrogens (tertiary/aromatic N) is 1. The van der Waals surface area contributed by atoms with E-state index in [2.05, 4.69) is 12.0 Å². The molecule has 1 unspecified atom stereocenters. The maximum Gasteiger partial charge on any atom is 0.0713 e. The highest BCUT2D eigenvalue weighted by molar-refractivity contribution is 5.24. The third-order valence-corrected chi connectivity index (χ3v) is 2.17. The monoisotopic (exact) mass is 183 g/mol. The van der Waals surface area contributed by atoms with E-state index in [1.807, 2.05) is 30.3 Å². The minimum absolute atomic E-state index is 0.00968. The van der Waals surface area contributed by atoms with Crippen molar-refractivity contribution in [1.29, 1.82) is 5.26 Å². The van der Waals surface area contributed by atoms with Crippen LogP contribution in [0.5, 0.6) is 0 Å². The summed E-state index contributed by atoms with van der Waals surface area (Å²) in [4.78, 5) is 0. The molecule has 1 rings (SSSR count). The van der Waals surface area contributed by atoms with Gasteiger partial charge in [0.25, 0.3) is 0 Å². The molecule has 0 bridgehead atoms. The van der Waals surface area contributed by atoms with Gasteiger partial charge in [-0.1, -0.05) is 30.3 Å². The van der Waals surface area contributed by atoms with Gasteiger partial charge in [-0.3, -0.25) is 0 Å². The average molecular weight is 183 g/mol. The SMILES string of the molecule is C#CCCCC(C#N)c1ccccc1. The Hall–Kier alpha value is -1.73. The Labute approximate surface area is 85.4 Å². The molecule has 0 saturated heterocycles. The maximum atomic E-state index is 8.98. The predicted molar refractivity (Wildman–Crippen MR) is 57.5 cm³/mol. The largest absolute Gasteiger partial charge is 0.198 e. The van der Waals surface area contributed by atoms with E-state index >= 15 is 0 Å². The Morgan fingerprint density at radius 3 is 2.57 bits per heavy atom. The van der Waals surface area contributed by atoms with E-state index in [1.54, 1.807) is 0 Å². The Bertz CT molecular complexity index is 340. The van der Waals surface area contributed by atoms with Crippen LogP contribution in [0.4, 0.5) is 0 Å². The molecule has 0 saturated carbocycles. The van der Waals surface area contributed by atoms with Crippen LogP contribution in [-0.4, -0.2) is 0 Å². The van der Waals surface area contributed by atoms with Gasteiger partial charge in [0.15, 0.2) is 0 Å². The lowest BCUT2D eigenvalue weighted by Gasteiger charge is -2.07. The second kappa shape index (κ2) is 5.84. The van der Waals surface area contributed by atoms with Crippen molar-refractivity contribution >= 4 is 0 Å². The molecule has 70 valence electrons. The summed E-state index contributed by atoms with van der Waals surface area (Å²) >= 11 is 0. The first-order chi connectivity index (χ1) is 6.88. The summed E-state index contributed by atoms with van der Waals surface area (Å²) < 4.78 is 0. The summed E-state index contributed by atoms with van der Waals surface area (Å²) in [5.41, 5.74) is 1.09. The Morgan fingerprint density at radius 2 is 2.00 bits per heavy atom. The molecule has 0 radical (unpaired) electrons. The maximum absolute atomic E-state index is 8.98. The minimum Gasteiger partial charge on any atom is -0.198 e. The van der Waals surface area contributed by atoms with E-state index in [-0.39, 0.29) is 5.92 Å². The molecule has 14 heavy (non-hydrogen) atoms. The highest BCUT2D eigenvalue weighted by Gasteiger charge is 2.08. The Morgan fingerprint density at radius 1 is 1.29 bits per heavy atom. The molecule has 0 fully saturated rings. The van der Waals surface area contributed by atoms with Crippen LogP contribution >= 0.6 is 0 Å². The molecular formula is C13H13N. The van der Waals surface area contributed by atoms with Gasteiger partial charge in [0.1, 0.15) is 0 Å². The van der Waals surface area contributed by atoms with Gasteiger partial charge in [-0.05, 0) is 18.4 Å². The number of terminal acetylenes is 1. The molecule has 0 spiro atoms. The van der Waals surface area contributed by atoms with Crippen molar-refractivity contribution in [3.63, 3.8) is 0 Å². The van der Waals surface area contributed by atoms with E-state index < -0.39 is 0 Å². The lowest BCUT2D eigenvalue weighted by atomic mass is 9.95. The molecule has 1 nitrogen and oxygen atoms in total. The fraction of sp³-hybridized carbons (Fsp3) is 0.308. The van der Waals surface area contributed by atoms with E-state index in [0.717, 1.165) is 24.8 Å². The second-order valence-corrected chi connectivity index (χ2v) is 3.19. The van der Waals surface area contributed by atoms with Gasteiger partial charge in [-0.25, -0.2) is 0 Å². The summed E-state index contributed by atoms with van der Waals surface area (Å²) in [6.45, 7) is 0. The highest BCUT2D eigenvalue weighted by Crippen LogP contribution is 2.20. The molecule has 0 aromatic heterocycles. The van der Waals surface area contributed by atoms with Gasteiger partial charge >= 0.3 is 0 Å². The van der Waals surface area contributed by atoms with Crippen molar-refractivity contribution in [3.05, 3.63) is 35.9 Å².